The first-order valence-corrected chi connectivity index (χ1v) is 9.90. The van der Waals surface area contributed by atoms with Gasteiger partial charge in [0.15, 0.2) is 0 Å². The maximum Gasteiger partial charge on any atom is 0.232 e. The van der Waals surface area contributed by atoms with Crippen molar-refractivity contribution < 1.29 is 13.2 Å². The lowest BCUT2D eigenvalue weighted by molar-refractivity contribution is -0.116. The molecule has 136 valence electrons. The van der Waals surface area contributed by atoms with Crippen molar-refractivity contribution in [1.82, 2.24) is 0 Å². The van der Waals surface area contributed by atoms with E-state index in [2.05, 4.69) is 5.32 Å². The van der Waals surface area contributed by atoms with E-state index in [9.17, 15) is 13.2 Å². The number of rotatable bonds is 6. The van der Waals surface area contributed by atoms with Crippen LogP contribution in [0.25, 0.3) is 0 Å². The fourth-order valence-corrected chi connectivity index (χ4v) is 3.60. The van der Waals surface area contributed by atoms with Gasteiger partial charge >= 0.3 is 0 Å². The molecular formula is C19H21N3O3S. The summed E-state index contributed by atoms with van der Waals surface area (Å²) < 4.78 is 25.6. The van der Waals surface area contributed by atoms with Gasteiger partial charge in [-0.05, 0) is 49.2 Å². The minimum Gasteiger partial charge on any atom is -0.325 e. The average molecular weight is 371 g/mol. The highest BCUT2D eigenvalue weighted by atomic mass is 32.2. The number of hydrogen-bond donors (Lipinski definition) is 1. The Labute approximate surface area is 154 Å². The van der Waals surface area contributed by atoms with Crippen LogP contribution < -0.4 is 9.62 Å². The van der Waals surface area contributed by atoms with Gasteiger partial charge in [-0.1, -0.05) is 18.2 Å². The van der Waals surface area contributed by atoms with E-state index in [-0.39, 0.29) is 18.9 Å². The van der Waals surface area contributed by atoms with Crippen LogP contribution in [0, 0.1) is 25.2 Å². The molecule has 2 aromatic rings. The zero-order chi connectivity index (χ0) is 19.3. The fourth-order valence-electron chi connectivity index (χ4n) is 2.69. The highest BCUT2D eigenvalue weighted by molar-refractivity contribution is 7.92. The van der Waals surface area contributed by atoms with E-state index < -0.39 is 10.0 Å². The molecule has 0 heterocycles. The second-order valence-electron chi connectivity index (χ2n) is 6.14. The van der Waals surface area contributed by atoms with Crippen LogP contribution in [-0.2, 0) is 14.8 Å². The number of hydrogen-bond acceptors (Lipinski definition) is 4. The van der Waals surface area contributed by atoms with Gasteiger partial charge < -0.3 is 5.32 Å². The summed E-state index contributed by atoms with van der Waals surface area (Å²) in [4.78, 5) is 12.2. The number of amides is 1. The smallest absolute Gasteiger partial charge is 0.232 e. The SMILES string of the molecule is Cc1cc(C)cc(N(CCC(=O)Nc2ccccc2C#N)S(C)(=O)=O)c1. The van der Waals surface area contributed by atoms with Gasteiger partial charge in [0.25, 0.3) is 0 Å². The van der Waals surface area contributed by atoms with Gasteiger partial charge in [0.2, 0.25) is 15.9 Å². The largest absolute Gasteiger partial charge is 0.325 e. The monoisotopic (exact) mass is 371 g/mol. The first-order valence-electron chi connectivity index (χ1n) is 8.05. The molecule has 0 fully saturated rings. The molecular weight excluding hydrogens is 350 g/mol. The topological polar surface area (TPSA) is 90.3 Å². The maximum atomic E-state index is 12.2. The van der Waals surface area contributed by atoms with E-state index in [1.807, 2.05) is 26.0 Å². The van der Waals surface area contributed by atoms with E-state index in [0.717, 1.165) is 17.4 Å². The molecule has 0 radical (unpaired) electrons. The second kappa shape index (κ2) is 8.02. The lowest BCUT2D eigenvalue weighted by atomic mass is 10.1. The number of aryl methyl sites for hydroxylation is 2. The predicted octanol–water partition coefficient (Wildman–Crippen LogP) is 2.97. The van der Waals surface area contributed by atoms with Gasteiger partial charge in [0, 0.05) is 13.0 Å². The van der Waals surface area contributed by atoms with Gasteiger partial charge in [-0.2, -0.15) is 5.26 Å². The van der Waals surface area contributed by atoms with Crippen molar-refractivity contribution in [2.45, 2.75) is 20.3 Å². The van der Waals surface area contributed by atoms with Crippen molar-refractivity contribution in [1.29, 1.82) is 5.26 Å². The predicted molar refractivity (Wildman–Crippen MR) is 103 cm³/mol. The molecule has 0 aliphatic rings. The summed E-state index contributed by atoms with van der Waals surface area (Å²) in [7, 11) is -3.53. The Morgan fingerprint density at radius 3 is 2.35 bits per heavy atom. The van der Waals surface area contributed by atoms with Crippen LogP contribution >= 0.6 is 0 Å². The van der Waals surface area contributed by atoms with Crippen LogP contribution in [0.15, 0.2) is 42.5 Å². The third kappa shape index (κ3) is 5.07. The molecule has 1 N–H and O–H groups in total. The summed E-state index contributed by atoms with van der Waals surface area (Å²) in [6, 6.07) is 14.2. The number of carbonyl (C=O) groups is 1. The Morgan fingerprint density at radius 1 is 1.15 bits per heavy atom. The highest BCUT2D eigenvalue weighted by Crippen LogP contribution is 2.22. The van der Waals surface area contributed by atoms with Crippen LogP contribution in [0.1, 0.15) is 23.1 Å². The minimum absolute atomic E-state index is 0.0162. The Morgan fingerprint density at radius 2 is 1.77 bits per heavy atom. The second-order valence-corrected chi connectivity index (χ2v) is 8.04. The number of nitriles is 1. The fraction of sp³-hybridized carbons (Fsp3) is 0.263. The Bertz CT molecular complexity index is 942. The Balaban J connectivity index is 2.15. The van der Waals surface area contributed by atoms with Crippen molar-refractivity contribution in [2.75, 3.05) is 22.4 Å². The summed E-state index contributed by atoms with van der Waals surface area (Å²) in [5.74, 6) is -0.356. The molecule has 0 unspecified atom stereocenters. The number of benzene rings is 2. The molecule has 2 aromatic carbocycles. The number of para-hydroxylation sites is 1. The molecule has 2 rings (SSSR count). The summed E-state index contributed by atoms with van der Waals surface area (Å²) >= 11 is 0. The van der Waals surface area contributed by atoms with Gasteiger partial charge in [-0.25, -0.2) is 8.42 Å². The number of anilines is 2. The maximum absolute atomic E-state index is 12.2. The number of nitrogens with one attached hydrogen (secondary N) is 1. The molecule has 0 saturated carbocycles. The van der Waals surface area contributed by atoms with Gasteiger partial charge in [-0.3, -0.25) is 9.10 Å². The molecule has 0 aliphatic heterocycles. The third-order valence-electron chi connectivity index (χ3n) is 3.76. The molecule has 0 saturated heterocycles. The molecule has 1 amide bonds. The minimum atomic E-state index is -3.53. The molecule has 0 bridgehead atoms. The van der Waals surface area contributed by atoms with Crippen LogP contribution in [-0.4, -0.2) is 27.1 Å². The molecule has 0 atom stereocenters. The van der Waals surface area contributed by atoms with Crippen molar-refractivity contribution in [3.8, 4) is 6.07 Å². The summed E-state index contributed by atoms with van der Waals surface area (Å²) in [5, 5.41) is 11.7. The molecule has 0 aliphatic carbocycles. The lowest BCUT2D eigenvalue weighted by Gasteiger charge is -2.23. The Hall–Kier alpha value is -2.85. The number of sulfonamides is 1. The highest BCUT2D eigenvalue weighted by Gasteiger charge is 2.19. The number of carbonyl (C=O) groups excluding carboxylic acids is 1. The van der Waals surface area contributed by atoms with Crippen LogP contribution in [0.2, 0.25) is 0 Å². The molecule has 0 spiro atoms. The molecule has 0 aromatic heterocycles. The standard InChI is InChI=1S/C19H21N3O3S/c1-14-10-15(2)12-17(11-14)22(26(3,24)25)9-8-19(23)21-18-7-5-4-6-16(18)13-20/h4-7,10-12H,8-9H2,1-3H3,(H,21,23). The van der Waals surface area contributed by atoms with Crippen molar-refractivity contribution in [2.24, 2.45) is 0 Å². The normalized spacial score (nSPS) is 10.8. The van der Waals surface area contributed by atoms with Crippen LogP contribution in [0.5, 0.6) is 0 Å². The van der Waals surface area contributed by atoms with Gasteiger partial charge in [0.05, 0.1) is 23.2 Å². The molecule has 26 heavy (non-hydrogen) atoms. The first kappa shape index (κ1) is 19.5. The Kier molecular flexibility index (Phi) is 6.01. The van der Waals surface area contributed by atoms with Crippen LogP contribution in [0.4, 0.5) is 11.4 Å². The van der Waals surface area contributed by atoms with Crippen molar-refractivity contribution >= 4 is 27.3 Å². The van der Waals surface area contributed by atoms with E-state index in [4.69, 9.17) is 5.26 Å². The zero-order valence-corrected chi connectivity index (χ0v) is 15.8. The lowest BCUT2D eigenvalue weighted by Crippen LogP contribution is -2.33. The first-order chi connectivity index (χ1) is 12.2. The van der Waals surface area contributed by atoms with Gasteiger partial charge in [-0.15, -0.1) is 0 Å². The third-order valence-corrected chi connectivity index (χ3v) is 4.95. The van der Waals surface area contributed by atoms with E-state index in [1.165, 1.54) is 4.31 Å². The quantitative estimate of drug-likeness (QED) is 0.845. The van der Waals surface area contributed by atoms with E-state index in [0.29, 0.717) is 16.9 Å². The zero-order valence-electron chi connectivity index (χ0n) is 15.0. The number of nitrogens with zero attached hydrogens (tertiary/aromatic N) is 2. The summed E-state index contributed by atoms with van der Waals surface area (Å²) in [5.41, 5.74) is 3.20. The van der Waals surface area contributed by atoms with E-state index >= 15 is 0 Å². The van der Waals surface area contributed by atoms with Crippen molar-refractivity contribution in [3.63, 3.8) is 0 Å². The summed E-state index contributed by atoms with van der Waals surface area (Å²) in [6.45, 7) is 3.80. The van der Waals surface area contributed by atoms with Gasteiger partial charge in [0.1, 0.15) is 6.07 Å². The van der Waals surface area contributed by atoms with Crippen LogP contribution in [0.3, 0.4) is 0 Å². The van der Waals surface area contributed by atoms with E-state index in [1.54, 1.807) is 36.4 Å². The average Bonchev–Trinajstić information content (AvgIpc) is 2.53. The molecule has 7 heteroatoms. The summed E-state index contributed by atoms with van der Waals surface area (Å²) in [6.07, 6.45) is 1.09. The van der Waals surface area contributed by atoms with Crippen molar-refractivity contribution in [3.05, 3.63) is 59.2 Å². The molecule has 6 nitrogen and oxygen atoms in total.